The number of methoxy groups -OCH3 is 1. The lowest BCUT2D eigenvalue weighted by Gasteiger charge is -2.46. The summed E-state index contributed by atoms with van der Waals surface area (Å²) < 4.78 is 11.4. The number of hydrogen-bond donors (Lipinski definition) is 3. The number of nitrogens with one attached hydrogen (secondary N) is 3. The number of carbonyl (C=O) groups excluding carboxylic acids is 5. The number of benzene rings is 3. The van der Waals surface area contributed by atoms with Gasteiger partial charge in [-0.15, -0.1) is 11.3 Å². The molecule has 3 aliphatic heterocycles. The molecule has 2 aliphatic carbocycles. The molecule has 16 nitrogen and oxygen atoms in total. The maximum absolute atomic E-state index is 14.0. The Kier molecular flexibility index (Phi) is 16.7. The molecule has 6 amide bonds. The molecule has 77 heavy (non-hydrogen) atoms. The van der Waals surface area contributed by atoms with Crippen LogP contribution in [0.5, 0.6) is 5.75 Å². The van der Waals surface area contributed by atoms with E-state index in [0.717, 1.165) is 134 Å². The molecule has 3 aromatic carbocycles. The molecule has 1 spiro atoms. The van der Waals surface area contributed by atoms with Crippen LogP contribution in [0.15, 0.2) is 66.0 Å². The zero-order valence-electron chi connectivity index (χ0n) is 44.8. The van der Waals surface area contributed by atoms with Crippen LogP contribution in [0.25, 0.3) is 22.0 Å². The Labute approximate surface area is 460 Å². The third-order valence-corrected chi connectivity index (χ3v) is 18.8. The summed E-state index contributed by atoms with van der Waals surface area (Å²) in [6.45, 7) is 10.4. The topological polar surface area (TPSA) is 179 Å². The van der Waals surface area contributed by atoms with E-state index < -0.39 is 12.1 Å². The van der Waals surface area contributed by atoms with Gasteiger partial charge in [0.15, 0.2) is 0 Å². The molecule has 5 aromatic rings. The lowest BCUT2D eigenvalue weighted by atomic mass is 9.65. The first-order valence-electron chi connectivity index (χ1n) is 27.6. The number of likely N-dealkylation sites (tertiary alicyclic amines) is 1. The molecule has 5 heterocycles. The second kappa shape index (κ2) is 23.7. The monoisotopic (exact) mass is 1090 g/mol. The maximum atomic E-state index is 14.0. The number of aromatic nitrogens is 2. The smallest absolute Gasteiger partial charge is 0.407 e. The summed E-state index contributed by atoms with van der Waals surface area (Å²) in [5, 5.41) is 12.0. The number of urea groups is 1. The highest BCUT2D eigenvalue weighted by Gasteiger charge is 2.40. The lowest BCUT2D eigenvalue weighted by Crippen LogP contribution is -2.51. The average Bonchev–Trinajstić information content (AvgIpc) is 3.97. The Morgan fingerprint density at radius 1 is 0.883 bits per heavy atom. The number of imide groups is 1. The minimum absolute atomic E-state index is 0.0346. The predicted octanol–water partition coefficient (Wildman–Crippen LogP) is 10.7. The van der Waals surface area contributed by atoms with Crippen molar-refractivity contribution in [1.82, 2.24) is 35.3 Å². The van der Waals surface area contributed by atoms with Crippen molar-refractivity contribution in [2.75, 3.05) is 76.7 Å². The van der Waals surface area contributed by atoms with Crippen LogP contribution in [-0.2, 0) is 20.9 Å². The van der Waals surface area contributed by atoms with Crippen molar-refractivity contribution in [1.29, 1.82) is 0 Å². The molecule has 0 bridgehead atoms. The van der Waals surface area contributed by atoms with Crippen LogP contribution >= 0.6 is 22.9 Å². The number of piperazine rings is 1. The van der Waals surface area contributed by atoms with Crippen molar-refractivity contribution in [3.05, 3.63) is 98.5 Å². The van der Waals surface area contributed by atoms with Crippen LogP contribution in [0.2, 0.25) is 5.02 Å². The number of amides is 6. The SMILES string of the molecule is CNC(=O)OCc1ccccc1-c1csc([C@@H](C)Nc2nc(C)nc3cc(OC)c(C4CCC(C(=O)N5CCN(CCC6CCC7(CC6)CCN(C(=O)c6ccc(Cl)c(N8CCC(=O)NC8=O)c6)CC7)CC5)CC4)cc23)c1. The zero-order valence-corrected chi connectivity index (χ0v) is 46.4. The number of ether oxygens (including phenoxy) is 2. The van der Waals surface area contributed by atoms with Gasteiger partial charge in [-0.2, -0.15) is 0 Å². The van der Waals surface area contributed by atoms with E-state index in [9.17, 15) is 24.0 Å². The highest BCUT2D eigenvalue weighted by molar-refractivity contribution is 7.10. The van der Waals surface area contributed by atoms with E-state index in [1.165, 1.54) is 37.0 Å². The van der Waals surface area contributed by atoms with Gasteiger partial charge in [0, 0.05) is 87.1 Å². The minimum atomic E-state index is -0.523. The van der Waals surface area contributed by atoms with Gasteiger partial charge in [0.1, 0.15) is 24.0 Å². The summed E-state index contributed by atoms with van der Waals surface area (Å²) in [6.07, 6.45) is 11.3. The van der Waals surface area contributed by atoms with Gasteiger partial charge in [-0.1, -0.05) is 35.9 Å². The predicted molar refractivity (Wildman–Crippen MR) is 301 cm³/mol. The number of rotatable bonds is 14. The Bertz CT molecular complexity index is 2990. The quantitative estimate of drug-likeness (QED) is 0.0964. The molecular formula is C59H72ClN9O7S. The van der Waals surface area contributed by atoms with Crippen molar-refractivity contribution in [2.24, 2.45) is 17.3 Å². The molecule has 1 atom stereocenters. The molecule has 2 aromatic heterocycles. The summed E-state index contributed by atoms with van der Waals surface area (Å²) in [5.41, 5.74) is 6.22. The van der Waals surface area contributed by atoms with Crippen molar-refractivity contribution in [2.45, 2.75) is 109 Å². The van der Waals surface area contributed by atoms with Crippen LogP contribution in [0, 0.1) is 24.2 Å². The molecule has 5 aliphatic rings. The van der Waals surface area contributed by atoms with E-state index >= 15 is 0 Å². The van der Waals surface area contributed by atoms with Gasteiger partial charge >= 0.3 is 12.1 Å². The second-order valence-corrected chi connectivity index (χ2v) is 23.3. The van der Waals surface area contributed by atoms with Crippen LogP contribution in [0.3, 0.4) is 0 Å². The molecule has 0 unspecified atom stereocenters. The van der Waals surface area contributed by atoms with E-state index in [2.05, 4.69) is 56.3 Å². The number of anilines is 2. The van der Waals surface area contributed by atoms with E-state index in [1.807, 2.05) is 36.1 Å². The van der Waals surface area contributed by atoms with Gasteiger partial charge in [-0.3, -0.25) is 29.5 Å². The summed E-state index contributed by atoms with van der Waals surface area (Å²) in [4.78, 5) is 82.7. The summed E-state index contributed by atoms with van der Waals surface area (Å²) in [5.74, 6) is 3.20. The number of fused-ring (bicyclic) bond motifs is 1. The first kappa shape index (κ1) is 54.1. The Morgan fingerprint density at radius 2 is 1.64 bits per heavy atom. The van der Waals surface area contributed by atoms with Crippen LogP contribution in [0.4, 0.5) is 21.1 Å². The van der Waals surface area contributed by atoms with Crippen LogP contribution in [-0.4, -0.2) is 121 Å². The third kappa shape index (κ3) is 12.2. The van der Waals surface area contributed by atoms with Crippen molar-refractivity contribution < 1.29 is 33.4 Å². The van der Waals surface area contributed by atoms with Gasteiger partial charge in [-0.25, -0.2) is 19.6 Å². The van der Waals surface area contributed by atoms with Crippen molar-refractivity contribution in [3.63, 3.8) is 0 Å². The molecule has 0 radical (unpaired) electrons. The number of nitrogens with zero attached hydrogens (tertiary/aromatic N) is 6. The first-order valence-corrected chi connectivity index (χ1v) is 28.9. The maximum Gasteiger partial charge on any atom is 0.407 e. The zero-order chi connectivity index (χ0) is 53.8. The number of alkyl carbamates (subject to hydrolysis) is 1. The van der Waals surface area contributed by atoms with E-state index in [0.29, 0.717) is 39.3 Å². The third-order valence-electron chi connectivity index (χ3n) is 17.3. The molecule has 5 fully saturated rings. The standard InChI is InChI=1S/C59H72ClN9O7S/c1-37(52-32-44(36-77-52)45-8-6-5-7-43(45)35-76-58(74)61-3)62-54-47-33-46(51(75-4)34-49(47)63-38(2)64-54)40-9-11-41(12-10-40)55(71)68-29-27-66(28-30-68)23-17-39-15-19-59(20-16-39)21-25-67(26-22-59)56(72)42-13-14-48(60)50(31-42)69-24-18-53(70)65-57(69)73/h5-8,13-14,31-34,36-37,39-41H,9-12,15-30,35H2,1-4H3,(H,61,74)(H,62,63,64)(H,65,70,73)/t37-,40?,41?/m1/s1. The van der Waals surface area contributed by atoms with E-state index in [-0.39, 0.29) is 49.3 Å². The Hall–Kier alpha value is -6.30. The highest BCUT2D eigenvalue weighted by Crippen LogP contribution is 2.48. The van der Waals surface area contributed by atoms with Gasteiger partial charge in [0.25, 0.3) is 5.91 Å². The fourth-order valence-electron chi connectivity index (χ4n) is 12.6. The minimum Gasteiger partial charge on any atom is -0.496 e. The van der Waals surface area contributed by atoms with Gasteiger partial charge < -0.3 is 29.9 Å². The number of hydrogen-bond acceptors (Lipinski definition) is 12. The first-order chi connectivity index (χ1) is 37.3. The molecular weight excluding hydrogens is 1010 g/mol. The van der Waals surface area contributed by atoms with Crippen molar-refractivity contribution in [3.8, 4) is 16.9 Å². The number of thiophene rings is 1. The lowest BCUT2D eigenvalue weighted by molar-refractivity contribution is -0.138. The summed E-state index contributed by atoms with van der Waals surface area (Å²) >= 11 is 8.14. The molecule has 3 saturated heterocycles. The highest BCUT2D eigenvalue weighted by atomic mass is 35.5. The van der Waals surface area contributed by atoms with E-state index in [4.69, 9.17) is 31.0 Å². The molecule has 18 heteroatoms. The number of halogens is 1. The molecule has 408 valence electrons. The molecule has 10 rings (SSSR count). The number of aryl methyl sites for hydroxylation is 1. The largest absolute Gasteiger partial charge is 0.496 e. The Morgan fingerprint density at radius 3 is 2.36 bits per heavy atom. The number of piperidine rings is 1. The Balaban J connectivity index is 0.671. The van der Waals surface area contributed by atoms with Crippen LogP contribution < -0.4 is 25.6 Å². The number of carbonyl (C=O) groups is 5. The van der Waals surface area contributed by atoms with Gasteiger partial charge in [-0.05, 0) is 166 Å². The van der Waals surface area contributed by atoms with Gasteiger partial charge in [0.05, 0.1) is 29.4 Å². The normalized spacial score (nSPS) is 20.7. The summed E-state index contributed by atoms with van der Waals surface area (Å²) in [7, 11) is 3.28. The summed E-state index contributed by atoms with van der Waals surface area (Å²) in [6, 6.07) is 18.9. The van der Waals surface area contributed by atoms with E-state index in [1.54, 1.807) is 43.7 Å². The average molecular weight is 1090 g/mol. The van der Waals surface area contributed by atoms with Crippen molar-refractivity contribution >= 4 is 75.2 Å². The van der Waals surface area contributed by atoms with Gasteiger partial charge in [0.2, 0.25) is 11.8 Å². The molecule has 2 saturated carbocycles. The fourth-order valence-corrected chi connectivity index (χ4v) is 13.7. The second-order valence-electron chi connectivity index (χ2n) is 22.0. The molecule has 3 N–H and O–H groups in total. The fraction of sp³-hybridized carbons (Fsp3) is 0.508. The van der Waals surface area contributed by atoms with Crippen LogP contribution in [0.1, 0.15) is 128 Å².